The van der Waals surface area contributed by atoms with E-state index in [-0.39, 0.29) is 28.7 Å². The van der Waals surface area contributed by atoms with E-state index in [1.54, 1.807) is 51.1 Å². The van der Waals surface area contributed by atoms with E-state index in [4.69, 9.17) is 25.8 Å². The molecular formula is C23H23ClN2O6. The molecule has 2 amide bonds. The molecule has 0 unspecified atom stereocenters. The normalized spacial score (nSPS) is 15.5. The number of hydrogen-bond acceptors (Lipinski definition) is 6. The first-order chi connectivity index (χ1) is 15.3. The van der Waals surface area contributed by atoms with Crippen LogP contribution in [-0.2, 0) is 19.1 Å². The van der Waals surface area contributed by atoms with Crippen molar-refractivity contribution >= 4 is 41.1 Å². The molecule has 2 aromatic rings. The Hall–Kier alpha value is -3.52. The molecule has 0 spiro atoms. The molecule has 0 saturated carbocycles. The first-order valence-corrected chi connectivity index (χ1v) is 10.4. The fourth-order valence-electron chi connectivity index (χ4n) is 3.02. The van der Waals surface area contributed by atoms with Crippen LogP contribution in [-0.4, -0.2) is 37.1 Å². The van der Waals surface area contributed by atoms with Crippen molar-refractivity contribution in [3.8, 4) is 11.5 Å². The lowest BCUT2D eigenvalue weighted by molar-refractivity contribution is -0.150. The Balaban J connectivity index is 1.91. The highest BCUT2D eigenvalue weighted by atomic mass is 35.5. The van der Waals surface area contributed by atoms with Crippen LogP contribution in [0.25, 0.3) is 6.08 Å². The van der Waals surface area contributed by atoms with Gasteiger partial charge in [0.15, 0.2) is 17.6 Å². The first-order valence-electron chi connectivity index (χ1n) is 10.1. The van der Waals surface area contributed by atoms with Gasteiger partial charge in [0.2, 0.25) is 0 Å². The van der Waals surface area contributed by atoms with Crippen LogP contribution in [0.15, 0.2) is 48.0 Å². The maximum Gasteiger partial charge on any atom is 0.347 e. The van der Waals surface area contributed by atoms with Gasteiger partial charge in [-0.15, -0.1) is 0 Å². The van der Waals surface area contributed by atoms with Gasteiger partial charge in [-0.25, -0.2) is 9.80 Å². The van der Waals surface area contributed by atoms with Gasteiger partial charge in [0.25, 0.3) is 11.8 Å². The second kappa shape index (κ2) is 10.2. The summed E-state index contributed by atoms with van der Waals surface area (Å²) in [5.74, 6) is -1.12. The number of para-hydroxylation sites is 1. The molecule has 168 valence electrons. The Morgan fingerprint density at radius 1 is 1.16 bits per heavy atom. The van der Waals surface area contributed by atoms with Crippen molar-refractivity contribution in [1.29, 1.82) is 0 Å². The van der Waals surface area contributed by atoms with Crippen molar-refractivity contribution in [2.24, 2.45) is 0 Å². The summed E-state index contributed by atoms with van der Waals surface area (Å²) in [6.07, 6.45) is 0.519. The van der Waals surface area contributed by atoms with Crippen LogP contribution in [0, 0.1) is 0 Å². The molecule has 32 heavy (non-hydrogen) atoms. The molecule has 1 saturated heterocycles. The third-order valence-corrected chi connectivity index (χ3v) is 4.74. The van der Waals surface area contributed by atoms with E-state index in [0.717, 1.165) is 0 Å². The number of benzene rings is 2. The molecule has 1 aliphatic rings. The van der Waals surface area contributed by atoms with Gasteiger partial charge in [-0.05, 0) is 56.7 Å². The van der Waals surface area contributed by atoms with Crippen molar-refractivity contribution in [3.63, 3.8) is 0 Å². The van der Waals surface area contributed by atoms with Crippen LogP contribution in [0.5, 0.6) is 11.5 Å². The summed E-state index contributed by atoms with van der Waals surface area (Å²) in [5.41, 5.74) is 3.49. The standard InChI is InChI=1S/C23H23ClN2O6/c1-4-30-19-13-15(12-18(24)20(19)32-14(3)23(29)31-5-2)11-17-21(27)25-26(22(17)28)16-9-7-6-8-10-16/h6-14H,4-5H2,1-3H3,(H,25,27)/b17-11-/t14-/m0/s1. The zero-order chi connectivity index (χ0) is 23.3. The summed E-state index contributed by atoms with van der Waals surface area (Å²) < 4.78 is 16.3. The van der Waals surface area contributed by atoms with Crippen molar-refractivity contribution in [1.82, 2.24) is 5.43 Å². The van der Waals surface area contributed by atoms with E-state index < -0.39 is 23.9 Å². The van der Waals surface area contributed by atoms with Crippen LogP contribution >= 0.6 is 11.6 Å². The molecule has 0 bridgehead atoms. The molecule has 1 aliphatic heterocycles. The topological polar surface area (TPSA) is 94.2 Å². The fourth-order valence-corrected chi connectivity index (χ4v) is 3.28. The summed E-state index contributed by atoms with van der Waals surface area (Å²) in [6.45, 7) is 5.55. The Morgan fingerprint density at radius 2 is 1.88 bits per heavy atom. The number of carbonyl (C=O) groups is 3. The average molecular weight is 459 g/mol. The summed E-state index contributed by atoms with van der Waals surface area (Å²) in [7, 11) is 0. The third kappa shape index (κ3) is 5.03. The van der Waals surface area contributed by atoms with E-state index in [0.29, 0.717) is 17.9 Å². The van der Waals surface area contributed by atoms with E-state index >= 15 is 0 Å². The van der Waals surface area contributed by atoms with Crippen LogP contribution in [0.3, 0.4) is 0 Å². The predicted octanol–water partition coefficient (Wildman–Crippen LogP) is 3.53. The highest BCUT2D eigenvalue weighted by Crippen LogP contribution is 2.38. The maximum absolute atomic E-state index is 12.8. The molecule has 9 heteroatoms. The zero-order valence-corrected chi connectivity index (χ0v) is 18.6. The predicted molar refractivity (Wildman–Crippen MR) is 119 cm³/mol. The molecule has 1 fully saturated rings. The number of hydrogen-bond donors (Lipinski definition) is 1. The largest absolute Gasteiger partial charge is 0.490 e. The fraction of sp³-hybridized carbons (Fsp3) is 0.261. The van der Waals surface area contributed by atoms with E-state index in [1.807, 2.05) is 6.07 Å². The summed E-state index contributed by atoms with van der Waals surface area (Å²) in [5, 5.41) is 1.34. The molecule has 0 aliphatic carbocycles. The van der Waals surface area contributed by atoms with Crippen LogP contribution in [0.1, 0.15) is 26.3 Å². The maximum atomic E-state index is 12.8. The number of hydrazine groups is 1. The number of esters is 1. The third-order valence-electron chi connectivity index (χ3n) is 4.46. The molecular weight excluding hydrogens is 436 g/mol. The summed E-state index contributed by atoms with van der Waals surface area (Å²) in [6, 6.07) is 11.9. The Labute approximate surface area is 190 Å². The van der Waals surface area contributed by atoms with Crippen molar-refractivity contribution in [2.45, 2.75) is 26.9 Å². The number of amides is 2. The number of nitrogens with one attached hydrogen (secondary N) is 1. The first kappa shape index (κ1) is 23.1. The van der Waals surface area contributed by atoms with Crippen molar-refractivity contribution in [2.75, 3.05) is 18.2 Å². The van der Waals surface area contributed by atoms with Crippen molar-refractivity contribution in [3.05, 3.63) is 58.6 Å². The monoisotopic (exact) mass is 458 g/mol. The molecule has 8 nitrogen and oxygen atoms in total. The molecule has 3 rings (SSSR count). The Bertz CT molecular complexity index is 1050. The minimum Gasteiger partial charge on any atom is -0.490 e. The van der Waals surface area contributed by atoms with Crippen LogP contribution in [0.4, 0.5) is 5.69 Å². The van der Waals surface area contributed by atoms with E-state index in [9.17, 15) is 14.4 Å². The molecule has 1 atom stereocenters. The molecule has 0 radical (unpaired) electrons. The number of anilines is 1. The number of halogens is 1. The number of nitrogens with zero attached hydrogens (tertiary/aromatic N) is 1. The number of rotatable bonds is 8. The molecule has 1 heterocycles. The average Bonchev–Trinajstić information content (AvgIpc) is 3.05. The zero-order valence-electron chi connectivity index (χ0n) is 17.9. The SMILES string of the molecule is CCOC(=O)[C@H](C)Oc1c(Cl)cc(/C=C2/C(=O)NN(c3ccccc3)C2=O)cc1OCC. The second-order valence-electron chi connectivity index (χ2n) is 6.75. The quantitative estimate of drug-likeness (QED) is 0.369. The second-order valence-corrected chi connectivity index (χ2v) is 7.16. The van der Waals surface area contributed by atoms with E-state index in [2.05, 4.69) is 5.43 Å². The Morgan fingerprint density at radius 3 is 2.53 bits per heavy atom. The Kier molecular flexibility index (Phi) is 7.37. The highest BCUT2D eigenvalue weighted by molar-refractivity contribution is 6.33. The van der Waals surface area contributed by atoms with Gasteiger partial charge in [0.05, 0.1) is 23.9 Å². The minimum absolute atomic E-state index is 0.0547. The lowest BCUT2D eigenvalue weighted by Crippen LogP contribution is -2.35. The van der Waals surface area contributed by atoms with Gasteiger partial charge in [-0.1, -0.05) is 29.8 Å². The van der Waals surface area contributed by atoms with Gasteiger partial charge >= 0.3 is 5.97 Å². The number of carbonyl (C=O) groups excluding carboxylic acids is 3. The lowest BCUT2D eigenvalue weighted by atomic mass is 10.1. The minimum atomic E-state index is -0.905. The smallest absolute Gasteiger partial charge is 0.347 e. The summed E-state index contributed by atoms with van der Waals surface area (Å²) >= 11 is 6.40. The van der Waals surface area contributed by atoms with Gasteiger partial charge in [-0.3, -0.25) is 15.0 Å². The van der Waals surface area contributed by atoms with Gasteiger partial charge in [0, 0.05) is 0 Å². The van der Waals surface area contributed by atoms with Gasteiger partial charge in [0.1, 0.15) is 5.57 Å². The highest BCUT2D eigenvalue weighted by Gasteiger charge is 2.34. The van der Waals surface area contributed by atoms with Crippen LogP contribution in [0.2, 0.25) is 5.02 Å². The number of ether oxygens (including phenoxy) is 3. The van der Waals surface area contributed by atoms with E-state index in [1.165, 1.54) is 17.2 Å². The van der Waals surface area contributed by atoms with Gasteiger partial charge in [-0.2, -0.15) is 0 Å². The van der Waals surface area contributed by atoms with Crippen LogP contribution < -0.4 is 19.9 Å². The lowest BCUT2D eigenvalue weighted by Gasteiger charge is -2.18. The molecule has 0 aromatic heterocycles. The van der Waals surface area contributed by atoms with Crippen molar-refractivity contribution < 1.29 is 28.6 Å². The van der Waals surface area contributed by atoms with Gasteiger partial charge < -0.3 is 14.2 Å². The molecule has 1 N–H and O–H groups in total. The summed E-state index contributed by atoms with van der Waals surface area (Å²) in [4.78, 5) is 37.2. The molecule has 2 aromatic carbocycles.